The minimum absolute atomic E-state index is 0.141. The van der Waals surface area contributed by atoms with Crippen molar-refractivity contribution in [2.24, 2.45) is 0 Å². The zero-order valence-corrected chi connectivity index (χ0v) is 11.1. The van der Waals surface area contributed by atoms with Gasteiger partial charge in [-0.1, -0.05) is 24.8 Å². The van der Waals surface area contributed by atoms with E-state index in [4.69, 9.17) is 9.47 Å². The summed E-state index contributed by atoms with van der Waals surface area (Å²) in [6, 6.07) is 8.09. The molecule has 1 aliphatic rings. The van der Waals surface area contributed by atoms with E-state index < -0.39 is 0 Å². The van der Waals surface area contributed by atoms with E-state index in [0.29, 0.717) is 0 Å². The van der Waals surface area contributed by atoms with Crippen LogP contribution < -0.4 is 10.1 Å². The van der Waals surface area contributed by atoms with Crippen molar-refractivity contribution in [3.63, 3.8) is 0 Å². The fourth-order valence-electron chi connectivity index (χ4n) is 2.00. The lowest BCUT2D eigenvalue weighted by Gasteiger charge is -2.03. The van der Waals surface area contributed by atoms with Gasteiger partial charge in [-0.15, -0.1) is 0 Å². The number of rotatable bonds is 7. The molecule has 19 heavy (non-hydrogen) atoms. The van der Waals surface area contributed by atoms with E-state index in [9.17, 15) is 4.79 Å². The largest absolute Gasteiger partial charge is 0.497 e. The summed E-state index contributed by atoms with van der Waals surface area (Å²) in [6.07, 6.45) is 3.44. The third-order valence-electron chi connectivity index (χ3n) is 3.19. The number of hydrogen-bond donors (Lipinski definition) is 1. The number of hydrogen-bond acceptors (Lipinski definition) is 4. The van der Waals surface area contributed by atoms with Crippen LogP contribution in [0, 0.1) is 0 Å². The second-order valence-electron chi connectivity index (χ2n) is 4.56. The molecule has 0 bridgehead atoms. The Hall–Kier alpha value is -1.81. The number of ether oxygens (including phenoxy) is 2. The summed E-state index contributed by atoms with van der Waals surface area (Å²) in [7, 11) is 1.66. The molecule has 1 fully saturated rings. The van der Waals surface area contributed by atoms with Gasteiger partial charge in [-0.3, -0.25) is 10.1 Å². The fraction of sp³-hybridized carbons (Fsp3) is 0.400. The molecule has 0 aromatic heterocycles. The molecule has 1 saturated heterocycles. The van der Waals surface area contributed by atoms with Crippen molar-refractivity contribution >= 4 is 5.97 Å². The van der Waals surface area contributed by atoms with E-state index in [0.717, 1.165) is 18.6 Å². The maximum atomic E-state index is 11.5. The van der Waals surface area contributed by atoms with Crippen LogP contribution in [-0.4, -0.2) is 31.8 Å². The third kappa shape index (κ3) is 3.83. The van der Waals surface area contributed by atoms with E-state index in [1.807, 2.05) is 24.3 Å². The first-order valence-corrected chi connectivity index (χ1v) is 6.41. The summed E-state index contributed by atoms with van der Waals surface area (Å²) >= 11 is 0. The highest BCUT2D eigenvalue weighted by Crippen LogP contribution is 2.20. The van der Waals surface area contributed by atoms with E-state index >= 15 is 0 Å². The van der Waals surface area contributed by atoms with Crippen molar-refractivity contribution < 1.29 is 14.3 Å². The van der Waals surface area contributed by atoms with Crippen LogP contribution in [0.15, 0.2) is 36.9 Å². The second kappa shape index (κ2) is 6.38. The number of nitrogens with one attached hydrogen (secondary N) is 1. The summed E-state index contributed by atoms with van der Waals surface area (Å²) in [5.74, 6) is 0.679. The lowest BCUT2D eigenvalue weighted by molar-refractivity contribution is -0.141. The maximum absolute atomic E-state index is 11.5. The van der Waals surface area contributed by atoms with Crippen LogP contribution in [0.2, 0.25) is 0 Å². The minimum atomic E-state index is -0.181. The summed E-state index contributed by atoms with van der Waals surface area (Å²) in [6.45, 7) is 3.79. The maximum Gasteiger partial charge on any atom is 0.325 e. The molecule has 0 aliphatic carbocycles. The fourth-order valence-corrected chi connectivity index (χ4v) is 2.00. The zero-order chi connectivity index (χ0) is 13.7. The van der Waals surface area contributed by atoms with Gasteiger partial charge in [0, 0.05) is 6.04 Å². The zero-order valence-electron chi connectivity index (χ0n) is 11.1. The Bertz CT molecular complexity index is 441. The number of methoxy groups -OCH3 is 1. The first-order valence-electron chi connectivity index (χ1n) is 6.41. The van der Waals surface area contributed by atoms with Gasteiger partial charge >= 0.3 is 5.97 Å². The molecule has 2 atom stereocenters. The predicted octanol–water partition coefficient (Wildman–Crippen LogP) is 1.70. The molecule has 2 unspecified atom stereocenters. The standard InChI is InChI=1S/C15H19NO3/c1-3-10-19-15(17)14-13(16-14)9-6-11-4-7-12(18-2)8-5-11/h3-5,7-8,13-14,16H,1,6,9-10H2,2H3. The Morgan fingerprint density at radius 2 is 2.16 bits per heavy atom. The molecule has 0 amide bonds. The Morgan fingerprint density at radius 1 is 1.42 bits per heavy atom. The monoisotopic (exact) mass is 261 g/mol. The van der Waals surface area contributed by atoms with Crippen LogP contribution in [0.25, 0.3) is 0 Å². The quantitative estimate of drug-likeness (QED) is 0.461. The molecule has 0 spiro atoms. The van der Waals surface area contributed by atoms with E-state index in [-0.39, 0.29) is 24.7 Å². The van der Waals surface area contributed by atoms with Gasteiger partial charge in [-0.25, -0.2) is 0 Å². The van der Waals surface area contributed by atoms with Gasteiger partial charge in [0.05, 0.1) is 7.11 Å². The van der Waals surface area contributed by atoms with Crippen LogP contribution in [0.4, 0.5) is 0 Å². The Morgan fingerprint density at radius 3 is 2.79 bits per heavy atom. The molecule has 102 valence electrons. The number of carbonyl (C=O) groups excluding carboxylic acids is 1. The molecule has 2 rings (SSSR count). The topological polar surface area (TPSA) is 57.5 Å². The second-order valence-corrected chi connectivity index (χ2v) is 4.56. The first-order chi connectivity index (χ1) is 9.24. The van der Waals surface area contributed by atoms with Crippen LogP contribution in [0.5, 0.6) is 5.75 Å². The molecule has 1 aromatic carbocycles. The predicted molar refractivity (Wildman–Crippen MR) is 73.2 cm³/mol. The summed E-state index contributed by atoms with van der Waals surface area (Å²) in [4.78, 5) is 11.5. The van der Waals surface area contributed by atoms with Gasteiger partial charge < -0.3 is 9.47 Å². The van der Waals surface area contributed by atoms with Gasteiger partial charge in [0.2, 0.25) is 0 Å². The van der Waals surface area contributed by atoms with Gasteiger partial charge in [-0.05, 0) is 30.5 Å². The molecule has 0 radical (unpaired) electrons. The van der Waals surface area contributed by atoms with Crippen molar-refractivity contribution in [3.8, 4) is 5.75 Å². The van der Waals surface area contributed by atoms with Crippen LogP contribution in [-0.2, 0) is 16.0 Å². The number of carbonyl (C=O) groups is 1. The molecule has 0 saturated carbocycles. The summed E-state index contributed by atoms with van der Waals surface area (Å²) in [5.41, 5.74) is 1.24. The van der Waals surface area contributed by atoms with E-state index in [1.165, 1.54) is 5.56 Å². The molecule has 4 nitrogen and oxygen atoms in total. The van der Waals surface area contributed by atoms with Crippen molar-refractivity contribution in [1.82, 2.24) is 5.32 Å². The van der Waals surface area contributed by atoms with Gasteiger partial charge in [0.1, 0.15) is 18.4 Å². The average Bonchev–Trinajstić information content (AvgIpc) is 3.23. The lowest BCUT2D eigenvalue weighted by Crippen LogP contribution is -2.15. The van der Waals surface area contributed by atoms with Crippen LogP contribution in [0.1, 0.15) is 12.0 Å². The number of aryl methyl sites for hydroxylation is 1. The van der Waals surface area contributed by atoms with Gasteiger partial charge in [0.25, 0.3) is 0 Å². The van der Waals surface area contributed by atoms with E-state index in [2.05, 4.69) is 11.9 Å². The number of benzene rings is 1. The minimum Gasteiger partial charge on any atom is -0.497 e. The molecule has 1 heterocycles. The van der Waals surface area contributed by atoms with Crippen molar-refractivity contribution in [2.75, 3.05) is 13.7 Å². The first kappa shape index (κ1) is 13.6. The summed E-state index contributed by atoms with van der Waals surface area (Å²) in [5, 5.41) is 3.14. The molecular formula is C15H19NO3. The smallest absolute Gasteiger partial charge is 0.325 e. The van der Waals surface area contributed by atoms with Crippen LogP contribution >= 0.6 is 0 Å². The highest BCUT2D eigenvalue weighted by atomic mass is 16.5. The summed E-state index contributed by atoms with van der Waals surface area (Å²) < 4.78 is 10.1. The molecule has 1 aromatic rings. The van der Waals surface area contributed by atoms with Gasteiger partial charge in [0.15, 0.2) is 0 Å². The van der Waals surface area contributed by atoms with Crippen molar-refractivity contribution in [1.29, 1.82) is 0 Å². The molecule has 4 heteroatoms. The van der Waals surface area contributed by atoms with Crippen molar-refractivity contribution in [2.45, 2.75) is 24.9 Å². The Labute approximate surface area is 113 Å². The Balaban J connectivity index is 1.72. The highest BCUT2D eigenvalue weighted by Gasteiger charge is 2.42. The van der Waals surface area contributed by atoms with Gasteiger partial charge in [-0.2, -0.15) is 0 Å². The average molecular weight is 261 g/mol. The molecular weight excluding hydrogens is 242 g/mol. The lowest BCUT2D eigenvalue weighted by atomic mass is 10.1. The van der Waals surface area contributed by atoms with E-state index in [1.54, 1.807) is 13.2 Å². The normalized spacial score (nSPS) is 20.7. The highest BCUT2D eigenvalue weighted by molar-refractivity contribution is 5.80. The SMILES string of the molecule is C=CCOC(=O)C1NC1CCc1ccc(OC)cc1. The third-order valence-corrected chi connectivity index (χ3v) is 3.19. The molecule has 1 N–H and O–H groups in total. The molecule has 1 aliphatic heterocycles. The number of esters is 1. The Kier molecular flexibility index (Phi) is 4.58. The van der Waals surface area contributed by atoms with Crippen molar-refractivity contribution in [3.05, 3.63) is 42.5 Å². The van der Waals surface area contributed by atoms with Crippen LogP contribution in [0.3, 0.4) is 0 Å².